The fourth-order valence-electron chi connectivity index (χ4n) is 0.801. The number of halogens is 2. The Balaban J connectivity index is 3.09. The molecule has 0 amide bonds. The SMILES string of the molecule is CCOC(=O)c1nc(Br)c(C)nc1Cl. The normalized spacial score (nSPS) is 10.0. The molecule has 1 rings (SSSR count). The maximum atomic E-state index is 11.3. The fraction of sp³-hybridized carbons (Fsp3) is 0.375. The van der Waals surface area contributed by atoms with E-state index in [2.05, 4.69) is 25.9 Å². The van der Waals surface area contributed by atoms with E-state index in [0.717, 1.165) is 0 Å². The first-order chi connectivity index (χ1) is 6.56. The number of esters is 1. The quantitative estimate of drug-likeness (QED) is 0.780. The van der Waals surface area contributed by atoms with Gasteiger partial charge in [-0.25, -0.2) is 14.8 Å². The molecule has 0 atom stereocenters. The molecule has 0 radical (unpaired) electrons. The number of nitrogens with zero attached hydrogens (tertiary/aromatic N) is 2. The number of ether oxygens (including phenoxy) is 1. The molecule has 0 aliphatic carbocycles. The molecule has 0 aliphatic heterocycles. The minimum Gasteiger partial charge on any atom is -0.461 e. The summed E-state index contributed by atoms with van der Waals surface area (Å²) in [5.41, 5.74) is 0.661. The molecule has 6 heteroatoms. The molecule has 0 saturated heterocycles. The van der Waals surface area contributed by atoms with Gasteiger partial charge < -0.3 is 4.74 Å². The van der Waals surface area contributed by atoms with Gasteiger partial charge in [-0.1, -0.05) is 11.6 Å². The van der Waals surface area contributed by atoms with Gasteiger partial charge in [0.05, 0.1) is 12.3 Å². The van der Waals surface area contributed by atoms with Gasteiger partial charge in [-0.3, -0.25) is 0 Å². The van der Waals surface area contributed by atoms with E-state index in [1.165, 1.54) is 0 Å². The third-order valence-electron chi connectivity index (χ3n) is 1.44. The van der Waals surface area contributed by atoms with Gasteiger partial charge in [-0.2, -0.15) is 0 Å². The van der Waals surface area contributed by atoms with E-state index in [4.69, 9.17) is 16.3 Å². The predicted octanol–water partition coefficient (Wildman–Crippen LogP) is 2.38. The van der Waals surface area contributed by atoms with Crippen LogP contribution in [0.3, 0.4) is 0 Å². The number of rotatable bonds is 2. The highest BCUT2D eigenvalue weighted by Gasteiger charge is 2.16. The van der Waals surface area contributed by atoms with Crippen LogP contribution >= 0.6 is 27.5 Å². The zero-order valence-electron chi connectivity index (χ0n) is 7.67. The Morgan fingerprint density at radius 1 is 1.57 bits per heavy atom. The predicted molar refractivity (Wildman–Crippen MR) is 55.4 cm³/mol. The topological polar surface area (TPSA) is 52.1 Å². The summed E-state index contributed by atoms with van der Waals surface area (Å²) >= 11 is 8.90. The largest absolute Gasteiger partial charge is 0.461 e. The molecular weight excluding hydrogens is 271 g/mol. The van der Waals surface area contributed by atoms with Crippen molar-refractivity contribution in [1.82, 2.24) is 9.97 Å². The lowest BCUT2D eigenvalue weighted by atomic mass is 10.4. The van der Waals surface area contributed by atoms with Crippen molar-refractivity contribution in [3.63, 3.8) is 0 Å². The van der Waals surface area contributed by atoms with E-state index < -0.39 is 5.97 Å². The van der Waals surface area contributed by atoms with E-state index in [0.29, 0.717) is 10.3 Å². The van der Waals surface area contributed by atoms with E-state index >= 15 is 0 Å². The molecule has 14 heavy (non-hydrogen) atoms. The minimum absolute atomic E-state index is 0.0333. The molecule has 1 heterocycles. The number of carbonyl (C=O) groups excluding carboxylic acids is 1. The lowest BCUT2D eigenvalue weighted by Gasteiger charge is -2.04. The van der Waals surface area contributed by atoms with Crippen LogP contribution in [0.15, 0.2) is 4.60 Å². The summed E-state index contributed by atoms with van der Waals surface area (Å²) in [7, 11) is 0. The van der Waals surface area contributed by atoms with Gasteiger partial charge in [0.15, 0.2) is 10.8 Å². The monoisotopic (exact) mass is 278 g/mol. The van der Waals surface area contributed by atoms with Crippen molar-refractivity contribution < 1.29 is 9.53 Å². The first-order valence-electron chi connectivity index (χ1n) is 3.93. The van der Waals surface area contributed by atoms with Crippen molar-refractivity contribution in [2.24, 2.45) is 0 Å². The van der Waals surface area contributed by atoms with Crippen LogP contribution in [0.2, 0.25) is 5.15 Å². The van der Waals surface area contributed by atoms with Crippen molar-refractivity contribution in [2.75, 3.05) is 6.61 Å². The van der Waals surface area contributed by atoms with Gasteiger partial charge in [-0.05, 0) is 29.8 Å². The van der Waals surface area contributed by atoms with Crippen LogP contribution in [0.25, 0.3) is 0 Å². The molecule has 4 nitrogen and oxygen atoms in total. The Kier molecular flexibility index (Phi) is 3.83. The zero-order chi connectivity index (χ0) is 10.7. The van der Waals surface area contributed by atoms with Crippen molar-refractivity contribution in [1.29, 1.82) is 0 Å². The number of hydrogen-bond donors (Lipinski definition) is 0. The van der Waals surface area contributed by atoms with Crippen LogP contribution in [0.4, 0.5) is 0 Å². The van der Waals surface area contributed by atoms with Crippen LogP contribution in [-0.2, 0) is 4.74 Å². The van der Waals surface area contributed by atoms with Crippen LogP contribution in [0.1, 0.15) is 23.1 Å². The number of aromatic nitrogens is 2. The van der Waals surface area contributed by atoms with Crippen LogP contribution in [-0.4, -0.2) is 22.5 Å². The van der Waals surface area contributed by atoms with Gasteiger partial charge in [0.2, 0.25) is 0 Å². The smallest absolute Gasteiger partial charge is 0.360 e. The zero-order valence-corrected chi connectivity index (χ0v) is 10.0. The Morgan fingerprint density at radius 2 is 2.21 bits per heavy atom. The molecule has 0 N–H and O–H groups in total. The lowest BCUT2D eigenvalue weighted by Crippen LogP contribution is -2.10. The number of carbonyl (C=O) groups is 1. The van der Waals surface area contributed by atoms with Crippen molar-refractivity contribution >= 4 is 33.5 Å². The summed E-state index contributed by atoms with van der Waals surface area (Å²) in [5.74, 6) is -0.564. The summed E-state index contributed by atoms with van der Waals surface area (Å²) < 4.78 is 5.25. The molecule has 0 aliphatic rings. The fourth-order valence-corrected chi connectivity index (χ4v) is 1.31. The molecule has 1 aromatic rings. The molecular formula is C8H8BrClN2O2. The van der Waals surface area contributed by atoms with E-state index in [-0.39, 0.29) is 17.5 Å². The van der Waals surface area contributed by atoms with Gasteiger partial charge in [0.25, 0.3) is 0 Å². The summed E-state index contributed by atoms with van der Waals surface area (Å²) in [5, 5.41) is 0.0594. The maximum absolute atomic E-state index is 11.3. The van der Waals surface area contributed by atoms with Crippen LogP contribution < -0.4 is 0 Å². The Bertz CT molecular complexity index is 371. The van der Waals surface area contributed by atoms with Crippen molar-refractivity contribution in [3.8, 4) is 0 Å². The summed E-state index contributed by atoms with van der Waals surface area (Å²) in [6, 6.07) is 0. The molecule has 0 unspecified atom stereocenters. The van der Waals surface area contributed by atoms with Gasteiger partial charge in [0, 0.05) is 0 Å². The Morgan fingerprint density at radius 3 is 2.79 bits per heavy atom. The molecule has 0 aromatic carbocycles. The summed E-state index contributed by atoms with van der Waals surface area (Å²) in [4.78, 5) is 19.2. The standard InChI is InChI=1S/C8H8BrClN2O2/c1-3-14-8(13)5-7(10)11-4(2)6(9)12-5/h3H2,1-2H3. The molecule has 0 fully saturated rings. The van der Waals surface area contributed by atoms with E-state index in [9.17, 15) is 4.79 Å². The van der Waals surface area contributed by atoms with E-state index in [1.807, 2.05) is 0 Å². The second-order valence-corrected chi connectivity index (χ2v) is 3.57. The molecule has 1 aromatic heterocycles. The van der Waals surface area contributed by atoms with E-state index in [1.54, 1.807) is 13.8 Å². The van der Waals surface area contributed by atoms with Gasteiger partial charge >= 0.3 is 5.97 Å². The molecule has 0 spiro atoms. The third-order valence-corrected chi connectivity index (χ3v) is 2.45. The lowest BCUT2D eigenvalue weighted by molar-refractivity contribution is 0.0519. The second kappa shape index (κ2) is 4.70. The number of hydrogen-bond acceptors (Lipinski definition) is 4. The highest BCUT2D eigenvalue weighted by Crippen LogP contribution is 2.18. The molecule has 76 valence electrons. The highest BCUT2D eigenvalue weighted by molar-refractivity contribution is 9.10. The van der Waals surface area contributed by atoms with Crippen LogP contribution in [0, 0.1) is 6.92 Å². The third kappa shape index (κ3) is 2.42. The Labute approximate surface area is 94.8 Å². The molecule has 0 saturated carbocycles. The second-order valence-electron chi connectivity index (χ2n) is 2.46. The first-order valence-corrected chi connectivity index (χ1v) is 5.10. The maximum Gasteiger partial charge on any atom is 0.360 e. The minimum atomic E-state index is -0.564. The summed E-state index contributed by atoms with van der Waals surface area (Å²) in [6.07, 6.45) is 0. The number of aryl methyl sites for hydroxylation is 1. The highest BCUT2D eigenvalue weighted by atomic mass is 79.9. The van der Waals surface area contributed by atoms with Crippen molar-refractivity contribution in [3.05, 3.63) is 21.1 Å². The Hall–Kier alpha value is -0.680. The molecule has 0 bridgehead atoms. The average molecular weight is 280 g/mol. The average Bonchev–Trinajstić information content (AvgIpc) is 2.11. The van der Waals surface area contributed by atoms with Gasteiger partial charge in [0.1, 0.15) is 4.60 Å². The summed E-state index contributed by atoms with van der Waals surface area (Å²) in [6.45, 7) is 3.72. The van der Waals surface area contributed by atoms with Gasteiger partial charge in [-0.15, -0.1) is 0 Å². The van der Waals surface area contributed by atoms with Crippen LogP contribution in [0.5, 0.6) is 0 Å². The first kappa shape index (κ1) is 11.4. The van der Waals surface area contributed by atoms with Crippen molar-refractivity contribution in [2.45, 2.75) is 13.8 Å².